The number of thiophene rings is 1. The molecule has 0 atom stereocenters. The van der Waals surface area contributed by atoms with Gasteiger partial charge in [0, 0.05) is 29.5 Å². The summed E-state index contributed by atoms with van der Waals surface area (Å²) in [6.07, 6.45) is 3.63. The first-order chi connectivity index (χ1) is 16.0. The second kappa shape index (κ2) is 9.17. The molecule has 1 saturated heterocycles. The van der Waals surface area contributed by atoms with E-state index in [1.165, 1.54) is 11.3 Å². The largest absolute Gasteiger partial charge is 0.326 e. The summed E-state index contributed by atoms with van der Waals surface area (Å²) in [5.74, 6) is 0. The van der Waals surface area contributed by atoms with E-state index in [0.717, 1.165) is 47.5 Å². The van der Waals surface area contributed by atoms with Crippen molar-refractivity contribution in [2.45, 2.75) is 19.4 Å². The van der Waals surface area contributed by atoms with E-state index >= 15 is 0 Å². The molecular formula is C24H20Cl2N4O2S. The predicted molar refractivity (Wildman–Crippen MR) is 135 cm³/mol. The lowest BCUT2D eigenvalue weighted by Crippen LogP contribution is -2.32. The third kappa shape index (κ3) is 4.62. The number of amides is 2. The molecule has 4 aromatic rings. The molecule has 168 valence electrons. The Kier molecular flexibility index (Phi) is 6.10. The summed E-state index contributed by atoms with van der Waals surface area (Å²) in [5, 5.41) is 4.02. The zero-order valence-electron chi connectivity index (χ0n) is 17.6. The molecule has 2 aromatic heterocycles. The molecule has 0 saturated carbocycles. The topological polar surface area (TPSA) is 67.2 Å². The molecule has 0 radical (unpaired) electrons. The smallest absolute Gasteiger partial charge is 0.321 e. The van der Waals surface area contributed by atoms with Crippen LogP contribution in [0.2, 0.25) is 10.0 Å². The fraction of sp³-hybridized carbons (Fsp3) is 0.208. The second-order valence-corrected chi connectivity index (χ2v) is 9.84. The minimum Gasteiger partial charge on any atom is -0.326 e. The van der Waals surface area contributed by atoms with Gasteiger partial charge < -0.3 is 14.8 Å². The number of hydrogen-bond donors (Lipinski definition) is 1. The van der Waals surface area contributed by atoms with Crippen molar-refractivity contribution < 1.29 is 4.79 Å². The monoisotopic (exact) mass is 498 g/mol. The van der Waals surface area contributed by atoms with E-state index in [9.17, 15) is 9.59 Å². The van der Waals surface area contributed by atoms with Crippen LogP contribution in [-0.2, 0) is 6.54 Å². The van der Waals surface area contributed by atoms with Gasteiger partial charge in [0.2, 0.25) is 0 Å². The average Bonchev–Trinajstić information content (AvgIpc) is 3.50. The molecule has 5 rings (SSSR count). The van der Waals surface area contributed by atoms with Crippen LogP contribution in [0.5, 0.6) is 0 Å². The number of carbonyl (C=O) groups is 1. The first-order valence-corrected chi connectivity index (χ1v) is 12.1. The molecule has 0 spiro atoms. The maximum atomic E-state index is 12.4. The molecule has 9 heteroatoms. The molecule has 33 heavy (non-hydrogen) atoms. The van der Waals surface area contributed by atoms with Crippen molar-refractivity contribution in [1.82, 2.24) is 14.5 Å². The van der Waals surface area contributed by atoms with Gasteiger partial charge in [0.15, 0.2) is 0 Å². The Morgan fingerprint density at radius 1 is 1.06 bits per heavy atom. The van der Waals surface area contributed by atoms with Crippen LogP contribution in [-0.4, -0.2) is 33.6 Å². The third-order valence-electron chi connectivity index (χ3n) is 5.69. The highest BCUT2D eigenvalue weighted by Crippen LogP contribution is 2.35. The van der Waals surface area contributed by atoms with Crippen LogP contribution in [0.25, 0.3) is 20.7 Å². The van der Waals surface area contributed by atoms with Gasteiger partial charge in [-0.15, -0.1) is 11.3 Å². The van der Waals surface area contributed by atoms with Crippen molar-refractivity contribution >= 4 is 56.5 Å². The van der Waals surface area contributed by atoms with Gasteiger partial charge in [-0.25, -0.2) is 4.79 Å². The Morgan fingerprint density at radius 2 is 1.82 bits per heavy atom. The Labute approximate surface area is 204 Å². The van der Waals surface area contributed by atoms with E-state index in [-0.39, 0.29) is 11.6 Å². The number of nitrogens with one attached hydrogen (secondary N) is 1. The Bertz CT molecular complexity index is 1390. The first-order valence-electron chi connectivity index (χ1n) is 10.6. The van der Waals surface area contributed by atoms with E-state index in [4.69, 9.17) is 23.2 Å². The number of fused-ring (bicyclic) bond motifs is 1. The first kappa shape index (κ1) is 21.9. The van der Waals surface area contributed by atoms with Gasteiger partial charge in [-0.2, -0.15) is 4.98 Å². The van der Waals surface area contributed by atoms with Crippen LogP contribution in [0.15, 0.2) is 59.7 Å². The van der Waals surface area contributed by atoms with Crippen LogP contribution >= 0.6 is 34.5 Å². The standard InChI is InChI=1S/C24H20Cl2N4O2S/c25-17-6-3-15(4-7-17)13-30-14-27-23(31)22-20(30)12-21(33-22)16-5-8-19(18(26)11-16)28-24(32)29-9-1-2-10-29/h3-8,11-12,14H,1-2,9-10,13H2,(H,28,32). The van der Waals surface area contributed by atoms with Crippen molar-refractivity contribution in [3.63, 3.8) is 0 Å². The van der Waals surface area contributed by atoms with E-state index in [0.29, 0.717) is 27.0 Å². The van der Waals surface area contributed by atoms with Crippen LogP contribution in [0.1, 0.15) is 18.4 Å². The SMILES string of the molecule is O=C(Nc1ccc(-c2cc3c(s2)c(=O)ncn3Cc2ccc(Cl)cc2)cc1Cl)N1CCCC1. The van der Waals surface area contributed by atoms with Gasteiger partial charge >= 0.3 is 6.03 Å². The molecule has 0 bridgehead atoms. The average molecular weight is 499 g/mol. The summed E-state index contributed by atoms with van der Waals surface area (Å²) in [6, 6.07) is 15.0. The highest BCUT2D eigenvalue weighted by Gasteiger charge is 2.19. The van der Waals surface area contributed by atoms with E-state index < -0.39 is 0 Å². The molecule has 1 aliphatic heterocycles. The van der Waals surface area contributed by atoms with Crippen molar-refractivity contribution in [2.24, 2.45) is 0 Å². The number of anilines is 1. The lowest BCUT2D eigenvalue weighted by atomic mass is 10.1. The molecule has 1 N–H and O–H groups in total. The molecule has 2 aromatic carbocycles. The fourth-order valence-electron chi connectivity index (χ4n) is 3.93. The summed E-state index contributed by atoms with van der Waals surface area (Å²) >= 11 is 13.9. The molecule has 1 aliphatic rings. The number of benzene rings is 2. The Hall–Kier alpha value is -2.87. The van der Waals surface area contributed by atoms with Crippen molar-refractivity contribution in [3.05, 3.63) is 80.8 Å². The number of urea groups is 1. The van der Waals surface area contributed by atoms with Crippen LogP contribution < -0.4 is 10.9 Å². The summed E-state index contributed by atoms with van der Waals surface area (Å²) in [6.45, 7) is 2.11. The summed E-state index contributed by atoms with van der Waals surface area (Å²) in [4.78, 5) is 31.6. The number of likely N-dealkylation sites (tertiary alicyclic amines) is 1. The maximum Gasteiger partial charge on any atom is 0.321 e. The van der Waals surface area contributed by atoms with Gasteiger partial charge in [0.1, 0.15) is 4.70 Å². The number of carbonyl (C=O) groups excluding carboxylic acids is 1. The van der Waals surface area contributed by atoms with Gasteiger partial charge in [0.05, 0.1) is 22.6 Å². The van der Waals surface area contributed by atoms with Crippen molar-refractivity contribution in [3.8, 4) is 10.4 Å². The highest BCUT2D eigenvalue weighted by molar-refractivity contribution is 7.22. The van der Waals surface area contributed by atoms with Gasteiger partial charge in [0.25, 0.3) is 5.56 Å². The number of aromatic nitrogens is 2. The minimum atomic E-state index is -0.255. The predicted octanol–water partition coefficient (Wildman–Crippen LogP) is 6.11. The third-order valence-corrected chi connectivity index (χ3v) is 7.41. The summed E-state index contributed by atoms with van der Waals surface area (Å²) < 4.78 is 2.54. The summed E-state index contributed by atoms with van der Waals surface area (Å²) in [7, 11) is 0. The second-order valence-electron chi connectivity index (χ2n) is 7.95. The maximum absolute atomic E-state index is 12.4. The van der Waals surface area contributed by atoms with E-state index in [1.54, 1.807) is 17.3 Å². The normalized spacial score (nSPS) is 13.6. The van der Waals surface area contributed by atoms with E-state index in [1.807, 2.05) is 47.0 Å². The quantitative estimate of drug-likeness (QED) is 0.369. The van der Waals surface area contributed by atoms with Gasteiger partial charge in [-0.05, 0) is 54.3 Å². The van der Waals surface area contributed by atoms with Gasteiger partial charge in [-0.1, -0.05) is 41.4 Å². The lowest BCUT2D eigenvalue weighted by molar-refractivity contribution is 0.222. The van der Waals surface area contributed by atoms with Crippen LogP contribution in [0.4, 0.5) is 10.5 Å². The number of nitrogens with zero attached hydrogens (tertiary/aromatic N) is 3. The molecule has 2 amide bonds. The summed E-state index contributed by atoms with van der Waals surface area (Å²) in [5.41, 5.74) is 3.06. The molecule has 0 aliphatic carbocycles. The van der Waals surface area contributed by atoms with Crippen LogP contribution in [0, 0.1) is 0 Å². The van der Waals surface area contributed by atoms with Crippen molar-refractivity contribution in [1.29, 1.82) is 0 Å². The Balaban J connectivity index is 1.44. The van der Waals surface area contributed by atoms with Crippen LogP contribution in [0.3, 0.4) is 0 Å². The lowest BCUT2D eigenvalue weighted by Gasteiger charge is -2.17. The molecular weight excluding hydrogens is 479 g/mol. The molecule has 1 fully saturated rings. The molecule has 3 heterocycles. The number of hydrogen-bond acceptors (Lipinski definition) is 4. The molecule has 0 unspecified atom stereocenters. The van der Waals surface area contributed by atoms with Crippen molar-refractivity contribution in [2.75, 3.05) is 18.4 Å². The number of halogens is 2. The highest BCUT2D eigenvalue weighted by atomic mass is 35.5. The van der Waals surface area contributed by atoms with Gasteiger partial charge in [-0.3, -0.25) is 4.79 Å². The minimum absolute atomic E-state index is 0.130. The molecule has 6 nitrogen and oxygen atoms in total. The fourth-order valence-corrected chi connectivity index (χ4v) is 5.34. The number of rotatable bonds is 4. The Morgan fingerprint density at radius 3 is 2.55 bits per heavy atom. The van der Waals surface area contributed by atoms with E-state index in [2.05, 4.69) is 10.3 Å². The zero-order chi connectivity index (χ0) is 22.9. The zero-order valence-corrected chi connectivity index (χ0v) is 19.9.